The standard InChI is InChI=1S/C24H30N2O2/c27-16-11-24(28)26-15-10-22-17-21(7-8-23(22)18-26)20-5-3-19(4-6-20)9-14-25-12-1-2-13-25/h3-8,17,27H,1-2,9-16,18H2. The molecule has 2 aliphatic heterocycles. The molecule has 1 saturated heterocycles. The number of hydrogen-bond donors (Lipinski definition) is 1. The van der Waals surface area contributed by atoms with Crippen molar-refractivity contribution in [2.45, 2.75) is 38.6 Å². The van der Waals surface area contributed by atoms with Gasteiger partial charge in [0.15, 0.2) is 0 Å². The first-order chi connectivity index (χ1) is 13.7. The Labute approximate surface area is 167 Å². The summed E-state index contributed by atoms with van der Waals surface area (Å²) in [6.45, 7) is 5.01. The van der Waals surface area contributed by atoms with E-state index in [0.717, 1.165) is 19.4 Å². The summed E-state index contributed by atoms with van der Waals surface area (Å²) in [4.78, 5) is 16.4. The van der Waals surface area contributed by atoms with Crippen molar-refractivity contribution in [3.63, 3.8) is 0 Å². The van der Waals surface area contributed by atoms with E-state index in [9.17, 15) is 4.79 Å². The van der Waals surface area contributed by atoms with Crippen molar-refractivity contribution >= 4 is 5.91 Å². The SMILES string of the molecule is O=C(CCO)N1CCc2cc(-c3ccc(CCN4CCCC4)cc3)ccc2C1. The van der Waals surface area contributed by atoms with Gasteiger partial charge in [-0.15, -0.1) is 0 Å². The highest BCUT2D eigenvalue weighted by molar-refractivity contribution is 5.76. The second kappa shape index (κ2) is 8.89. The van der Waals surface area contributed by atoms with Crippen molar-refractivity contribution < 1.29 is 9.90 Å². The van der Waals surface area contributed by atoms with E-state index in [0.29, 0.717) is 6.54 Å². The first-order valence-corrected chi connectivity index (χ1v) is 10.5. The van der Waals surface area contributed by atoms with Crippen LogP contribution in [0, 0.1) is 0 Å². The third-order valence-electron chi connectivity index (χ3n) is 6.10. The summed E-state index contributed by atoms with van der Waals surface area (Å²) >= 11 is 0. The van der Waals surface area contributed by atoms with Crippen LogP contribution in [-0.2, 0) is 24.2 Å². The van der Waals surface area contributed by atoms with Crippen LogP contribution in [0.3, 0.4) is 0 Å². The second-order valence-corrected chi connectivity index (χ2v) is 8.02. The van der Waals surface area contributed by atoms with Crippen molar-refractivity contribution in [1.82, 2.24) is 9.80 Å². The molecule has 0 bridgehead atoms. The average molecular weight is 379 g/mol. The molecule has 4 rings (SSSR count). The van der Waals surface area contributed by atoms with E-state index in [1.54, 1.807) is 0 Å². The minimum absolute atomic E-state index is 0.0433. The molecule has 0 saturated carbocycles. The maximum atomic E-state index is 12.0. The van der Waals surface area contributed by atoms with Gasteiger partial charge in [0.2, 0.25) is 5.91 Å². The third kappa shape index (κ3) is 4.45. The topological polar surface area (TPSA) is 43.8 Å². The Bertz CT molecular complexity index is 810. The second-order valence-electron chi connectivity index (χ2n) is 8.02. The third-order valence-corrected chi connectivity index (χ3v) is 6.10. The summed E-state index contributed by atoms with van der Waals surface area (Å²) in [6, 6.07) is 15.6. The normalized spacial score (nSPS) is 17.0. The quantitative estimate of drug-likeness (QED) is 0.839. The number of rotatable bonds is 6. The largest absolute Gasteiger partial charge is 0.396 e. The van der Waals surface area contributed by atoms with E-state index >= 15 is 0 Å². The molecule has 0 spiro atoms. The molecule has 4 heteroatoms. The number of hydrogen-bond acceptors (Lipinski definition) is 3. The van der Waals surface area contributed by atoms with Crippen LogP contribution in [0.4, 0.5) is 0 Å². The van der Waals surface area contributed by atoms with E-state index in [2.05, 4.69) is 47.4 Å². The highest BCUT2D eigenvalue weighted by atomic mass is 16.3. The summed E-state index contributed by atoms with van der Waals surface area (Å²) in [5.41, 5.74) is 6.48. The van der Waals surface area contributed by atoms with Gasteiger partial charge in [0, 0.05) is 26.1 Å². The maximum absolute atomic E-state index is 12.0. The Morgan fingerprint density at radius 3 is 2.43 bits per heavy atom. The molecule has 4 nitrogen and oxygen atoms in total. The fourth-order valence-electron chi connectivity index (χ4n) is 4.36. The summed E-state index contributed by atoms with van der Waals surface area (Å²) in [5.74, 6) is 0.0433. The van der Waals surface area contributed by atoms with Crippen LogP contribution in [-0.4, -0.2) is 53.6 Å². The molecule has 2 aromatic carbocycles. The number of aliphatic hydroxyl groups excluding tert-OH is 1. The van der Waals surface area contributed by atoms with Gasteiger partial charge in [-0.1, -0.05) is 42.5 Å². The number of carbonyl (C=O) groups excluding carboxylic acids is 1. The van der Waals surface area contributed by atoms with Crippen LogP contribution in [0.5, 0.6) is 0 Å². The lowest BCUT2D eigenvalue weighted by Crippen LogP contribution is -2.36. The molecule has 1 N–H and O–H groups in total. The number of nitrogens with zero attached hydrogens (tertiary/aromatic N) is 2. The van der Waals surface area contributed by atoms with Gasteiger partial charge in [-0.3, -0.25) is 4.79 Å². The van der Waals surface area contributed by atoms with Crippen LogP contribution in [0.1, 0.15) is 36.0 Å². The molecule has 1 fully saturated rings. The van der Waals surface area contributed by atoms with Crippen LogP contribution in [0.2, 0.25) is 0 Å². The van der Waals surface area contributed by atoms with Crippen molar-refractivity contribution in [3.05, 3.63) is 59.2 Å². The monoisotopic (exact) mass is 378 g/mol. The zero-order chi connectivity index (χ0) is 19.3. The van der Waals surface area contributed by atoms with Crippen LogP contribution in [0.25, 0.3) is 11.1 Å². The first kappa shape index (κ1) is 19.2. The fraction of sp³-hybridized carbons (Fsp3) is 0.458. The number of amides is 1. The number of fused-ring (bicyclic) bond motifs is 1. The van der Waals surface area contributed by atoms with Gasteiger partial charge >= 0.3 is 0 Å². The van der Waals surface area contributed by atoms with Crippen LogP contribution >= 0.6 is 0 Å². The van der Waals surface area contributed by atoms with Gasteiger partial charge in [-0.25, -0.2) is 0 Å². The molecule has 2 aromatic rings. The Kier molecular flexibility index (Phi) is 6.08. The van der Waals surface area contributed by atoms with Gasteiger partial charge in [0.1, 0.15) is 0 Å². The molecule has 0 unspecified atom stereocenters. The number of aliphatic hydroxyl groups is 1. The average Bonchev–Trinajstić information content (AvgIpc) is 3.26. The van der Waals surface area contributed by atoms with E-state index in [1.165, 1.54) is 60.3 Å². The maximum Gasteiger partial charge on any atom is 0.225 e. The molecule has 0 aliphatic carbocycles. The van der Waals surface area contributed by atoms with Gasteiger partial charge < -0.3 is 14.9 Å². The van der Waals surface area contributed by atoms with Gasteiger partial charge in [0.25, 0.3) is 0 Å². The Hall–Kier alpha value is -2.17. The molecule has 28 heavy (non-hydrogen) atoms. The lowest BCUT2D eigenvalue weighted by molar-refractivity contribution is -0.132. The summed E-state index contributed by atoms with van der Waals surface area (Å²) in [5, 5.41) is 8.98. The van der Waals surface area contributed by atoms with Gasteiger partial charge in [0.05, 0.1) is 6.61 Å². The molecule has 2 heterocycles. The van der Waals surface area contributed by atoms with Crippen LogP contribution in [0.15, 0.2) is 42.5 Å². The molecule has 0 atom stereocenters. The number of carbonyl (C=O) groups is 1. The minimum atomic E-state index is -0.0743. The number of benzene rings is 2. The zero-order valence-corrected chi connectivity index (χ0v) is 16.6. The van der Waals surface area contributed by atoms with Crippen molar-refractivity contribution in [2.24, 2.45) is 0 Å². The lowest BCUT2D eigenvalue weighted by atomic mass is 9.94. The predicted molar refractivity (Wildman–Crippen MR) is 112 cm³/mol. The van der Waals surface area contributed by atoms with E-state index in [4.69, 9.17) is 5.11 Å². The van der Waals surface area contributed by atoms with Crippen LogP contribution < -0.4 is 0 Å². The Morgan fingerprint density at radius 2 is 1.68 bits per heavy atom. The molecule has 1 amide bonds. The van der Waals surface area contributed by atoms with Crippen molar-refractivity contribution in [1.29, 1.82) is 0 Å². The lowest BCUT2D eigenvalue weighted by Gasteiger charge is -2.29. The fourth-order valence-corrected chi connectivity index (χ4v) is 4.36. The summed E-state index contributed by atoms with van der Waals surface area (Å²) < 4.78 is 0. The van der Waals surface area contributed by atoms with E-state index in [-0.39, 0.29) is 18.9 Å². The van der Waals surface area contributed by atoms with Crippen molar-refractivity contribution in [3.8, 4) is 11.1 Å². The van der Waals surface area contributed by atoms with E-state index < -0.39 is 0 Å². The first-order valence-electron chi connectivity index (χ1n) is 10.5. The molecular weight excluding hydrogens is 348 g/mol. The van der Waals surface area contributed by atoms with Gasteiger partial charge in [-0.2, -0.15) is 0 Å². The van der Waals surface area contributed by atoms with Crippen molar-refractivity contribution in [2.75, 3.05) is 32.8 Å². The highest BCUT2D eigenvalue weighted by Gasteiger charge is 2.20. The summed E-state index contributed by atoms with van der Waals surface area (Å²) in [7, 11) is 0. The highest BCUT2D eigenvalue weighted by Crippen LogP contribution is 2.27. The molecule has 0 aromatic heterocycles. The molecule has 148 valence electrons. The Morgan fingerprint density at radius 1 is 0.929 bits per heavy atom. The number of likely N-dealkylation sites (tertiary alicyclic amines) is 1. The molecular formula is C24H30N2O2. The van der Waals surface area contributed by atoms with E-state index in [1.807, 2.05) is 4.90 Å². The molecule has 0 radical (unpaired) electrons. The Balaban J connectivity index is 1.40. The minimum Gasteiger partial charge on any atom is -0.396 e. The summed E-state index contributed by atoms with van der Waals surface area (Å²) in [6.07, 6.45) is 4.93. The smallest absolute Gasteiger partial charge is 0.225 e. The van der Waals surface area contributed by atoms with Gasteiger partial charge in [-0.05, 0) is 66.6 Å². The molecule has 2 aliphatic rings. The zero-order valence-electron chi connectivity index (χ0n) is 16.6. The predicted octanol–water partition coefficient (Wildman–Crippen LogP) is 3.26.